The molecule has 3 rings (SSSR count). The van der Waals surface area contributed by atoms with E-state index in [1.54, 1.807) is 6.21 Å². The van der Waals surface area contributed by atoms with E-state index in [0.29, 0.717) is 12.2 Å². The van der Waals surface area contributed by atoms with Crippen molar-refractivity contribution in [1.82, 2.24) is 35.6 Å². The normalized spacial score (nSPS) is 11.5. The molecule has 2 heterocycles. The van der Waals surface area contributed by atoms with Gasteiger partial charge in [0.05, 0.1) is 11.9 Å². The summed E-state index contributed by atoms with van der Waals surface area (Å²) in [5, 5.41) is 19.5. The van der Waals surface area contributed by atoms with Crippen molar-refractivity contribution in [2.24, 2.45) is 5.10 Å². The molecule has 12 heteroatoms. The van der Waals surface area contributed by atoms with Crippen LogP contribution in [0.15, 0.2) is 38.5 Å². The number of carbonyl (C=O) groups is 1. The molecule has 11 nitrogen and oxygen atoms in total. The molecule has 164 valence electrons. The molecule has 0 unspecified atom stereocenters. The lowest BCUT2D eigenvalue weighted by Crippen LogP contribution is -2.28. The van der Waals surface area contributed by atoms with Crippen LogP contribution in [0.2, 0.25) is 0 Å². The Kier molecular flexibility index (Phi) is 7.84. The Hall–Kier alpha value is -3.12. The van der Waals surface area contributed by atoms with Crippen molar-refractivity contribution < 1.29 is 9.42 Å². The third kappa shape index (κ3) is 5.73. The lowest BCUT2D eigenvalue weighted by Gasteiger charge is -2.21. The van der Waals surface area contributed by atoms with Gasteiger partial charge in [-0.2, -0.15) is 9.78 Å². The highest BCUT2D eigenvalue weighted by Gasteiger charge is 2.25. The highest BCUT2D eigenvalue weighted by molar-refractivity contribution is 9.10. The van der Waals surface area contributed by atoms with Crippen molar-refractivity contribution in [2.45, 2.75) is 33.2 Å². The van der Waals surface area contributed by atoms with Crippen LogP contribution in [0.5, 0.6) is 0 Å². The van der Waals surface area contributed by atoms with E-state index in [-0.39, 0.29) is 17.3 Å². The van der Waals surface area contributed by atoms with Gasteiger partial charge in [0.1, 0.15) is 0 Å². The van der Waals surface area contributed by atoms with Crippen LogP contribution in [0, 0.1) is 0 Å². The maximum Gasteiger partial charge on any atom is 0.293 e. The molecule has 0 aliphatic rings. The Labute approximate surface area is 187 Å². The maximum atomic E-state index is 12.8. The van der Waals surface area contributed by atoms with Gasteiger partial charge in [-0.1, -0.05) is 47.1 Å². The number of aromatic nitrogens is 5. The first kappa shape index (κ1) is 22.6. The summed E-state index contributed by atoms with van der Waals surface area (Å²) in [4.78, 5) is 15.0. The van der Waals surface area contributed by atoms with E-state index in [9.17, 15) is 4.79 Å². The second kappa shape index (κ2) is 10.8. The summed E-state index contributed by atoms with van der Waals surface area (Å²) in [5.41, 5.74) is 9.83. The second-order valence-electron chi connectivity index (χ2n) is 6.80. The molecule has 3 N–H and O–H groups in total. The number of nitrogens with one attached hydrogen (secondary N) is 1. The largest absolute Gasteiger partial charge is 0.378 e. The zero-order valence-electron chi connectivity index (χ0n) is 17.3. The predicted octanol–water partition coefficient (Wildman–Crippen LogP) is 2.38. The van der Waals surface area contributed by atoms with Crippen molar-refractivity contribution in [1.29, 1.82) is 0 Å². The molecule has 0 radical (unpaired) electrons. The quantitative estimate of drug-likeness (QED) is 0.326. The van der Waals surface area contributed by atoms with Gasteiger partial charge >= 0.3 is 0 Å². The van der Waals surface area contributed by atoms with Crippen LogP contribution in [0.4, 0.5) is 5.82 Å². The number of amides is 1. The molecule has 0 saturated carbocycles. The van der Waals surface area contributed by atoms with Crippen LogP contribution < -0.4 is 11.2 Å². The molecule has 0 saturated heterocycles. The monoisotopic (exact) mass is 489 g/mol. The molecule has 3 aromatic rings. The van der Waals surface area contributed by atoms with E-state index >= 15 is 0 Å². The van der Waals surface area contributed by atoms with Crippen LogP contribution in [0.1, 0.15) is 48.4 Å². The number of nitrogens with two attached hydrogens (primary N) is 1. The number of halogens is 1. The summed E-state index contributed by atoms with van der Waals surface area (Å²) in [5.74, 6) is -0.245. The van der Waals surface area contributed by atoms with Crippen LogP contribution in [-0.4, -0.2) is 55.4 Å². The van der Waals surface area contributed by atoms with E-state index in [1.807, 2.05) is 24.3 Å². The Balaban J connectivity index is 1.87. The number of hydrogen-bond donors (Lipinski definition) is 2. The predicted molar refractivity (Wildman–Crippen MR) is 119 cm³/mol. The van der Waals surface area contributed by atoms with Crippen LogP contribution >= 0.6 is 15.9 Å². The summed E-state index contributed by atoms with van der Waals surface area (Å²) in [6, 6.07) is 7.54. The van der Waals surface area contributed by atoms with Crippen LogP contribution in [-0.2, 0) is 6.54 Å². The molecule has 0 fully saturated rings. The first-order valence-corrected chi connectivity index (χ1v) is 10.7. The SMILES string of the molecule is CCCN(CCC)Cc1c(C(=O)N/N=C/c2cccc(Br)c2)nnn1-c1nonc1N. The number of hydrogen-bond acceptors (Lipinski definition) is 9. The van der Waals surface area contributed by atoms with Crippen molar-refractivity contribution in [3.63, 3.8) is 0 Å². The summed E-state index contributed by atoms with van der Waals surface area (Å²) in [6.45, 7) is 6.34. The molecule has 0 atom stereocenters. The fourth-order valence-corrected chi connectivity index (χ4v) is 3.46. The van der Waals surface area contributed by atoms with Gasteiger partial charge < -0.3 is 5.73 Å². The van der Waals surface area contributed by atoms with Crippen molar-refractivity contribution in [2.75, 3.05) is 18.8 Å². The lowest BCUT2D eigenvalue weighted by atomic mass is 10.2. The minimum absolute atomic E-state index is 0.0586. The Morgan fingerprint density at radius 1 is 1.32 bits per heavy atom. The highest BCUT2D eigenvalue weighted by atomic mass is 79.9. The van der Waals surface area contributed by atoms with E-state index in [1.165, 1.54) is 4.68 Å². The molecular formula is C19H24BrN9O2. The molecule has 0 spiro atoms. The molecular weight excluding hydrogens is 466 g/mol. The zero-order valence-corrected chi connectivity index (χ0v) is 18.9. The van der Waals surface area contributed by atoms with Gasteiger partial charge in [-0.3, -0.25) is 9.69 Å². The van der Waals surface area contributed by atoms with Gasteiger partial charge in [-0.15, -0.1) is 5.10 Å². The minimum Gasteiger partial charge on any atom is -0.378 e. The zero-order chi connectivity index (χ0) is 22.2. The molecule has 2 aromatic heterocycles. The first-order valence-electron chi connectivity index (χ1n) is 9.87. The molecule has 1 aromatic carbocycles. The molecule has 31 heavy (non-hydrogen) atoms. The summed E-state index contributed by atoms with van der Waals surface area (Å²) in [6.07, 6.45) is 3.48. The summed E-state index contributed by atoms with van der Waals surface area (Å²) in [7, 11) is 0. The minimum atomic E-state index is -0.490. The number of anilines is 1. The van der Waals surface area contributed by atoms with E-state index in [4.69, 9.17) is 10.4 Å². The Morgan fingerprint density at radius 3 is 2.74 bits per heavy atom. The molecule has 0 aliphatic heterocycles. The maximum absolute atomic E-state index is 12.8. The van der Waals surface area contributed by atoms with Gasteiger partial charge in [-0.05, 0) is 53.9 Å². The fourth-order valence-electron chi connectivity index (χ4n) is 3.05. The van der Waals surface area contributed by atoms with Crippen LogP contribution in [0.3, 0.4) is 0 Å². The van der Waals surface area contributed by atoms with Crippen molar-refractivity contribution in [3.8, 4) is 5.82 Å². The lowest BCUT2D eigenvalue weighted by molar-refractivity contribution is 0.0947. The number of carbonyl (C=O) groups excluding carboxylic acids is 1. The van der Waals surface area contributed by atoms with Gasteiger partial charge in [0.25, 0.3) is 5.91 Å². The third-order valence-corrected chi connectivity index (χ3v) is 4.85. The van der Waals surface area contributed by atoms with E-state index in [2.05, 4.69) is 65.8 Å². The number of hydrazone groups is 1. The third-order valence-electron chi connectivity index (χ3n) is 4.36. The molecule has 1 amide bonds. The van der Waals surface area contributed by atoms with Crippen LogP contribution in [0.25, 0.3) is 5.82 Å². The average Bonchev–Trinajstić information content (AvgIpc) is 3.34. The number of nitrogens with zero attached hydrogens (tertiary/aromatic N) is 7. The van der Waals surface area contributed by atoms with Gasteiger partial charge in [0, 0.05) is 11.0 Å². The Bertz CT molecular complexity index is 1040. The standard InChI is InChI=1S/C19H24BrN9O2/c1-3-8-28(9-4-2)12-15-16(23-27-29(15)18-17(21)25-31-26-18)19(30)24-22-11-13-6-5-7-14(20)10-13/h5-7,10-11H,3-4,8-9,12H2,1-2H3,(H2,21,25)(H,24,30)/b22-11+. The number of benzene rings is 1. The first-order chi connectivity index (χ1) is 15.0. The van der Waals surface area contributed by atoms with E-state index < -0.39 is 5.91 Å². The smallest absolute Gasteiger partial charge is 0.293 e. The molecule has 0 bridgehead atoms. The summed E-state index contributed by atoms with van der Waals surface area (Å²) >= 11 is 3.40. The van der Waals surface area contributed by atoms with E-state index in [0.717, 1.165) is 36.0 Å². The molecule has 0 aliphatic carbocycles. The van der Waals surface area contributed by atoms with Gasteiger partial charge in [-0.25, -0.2) is 10.1 Å². The number of nitrogen functional groups attached to an aromatic ring is 1. The van der Waals surface area contributed by atoms with Crippen molar-refractivity contribution >= 4 is 33.9 Å². The van der Waals surface area contributed by atoms with Gasteiger partial charge in [0.2, 0.25) is 11.6 Å². The Morgan fingerprint density at radius 2 is 2.10 bits per heavy atom. The van der Waals surface area contributed by atoms with Crippen molar-refractivity contribution in [3.05, 3.63) is 45.7 Å². The topological polar surface area (TPSA) is 140 Å². The fraction of sp³-hybridized carbons (Fsp3) is 0.368. The highest BCUT2D eigenvalue weighted by Crippen LogP contribution is 2.18. The second-order valence-corrected chi connectivity index (χ2v) is 7.72. The average molecular weight is 490 g/mol. The van der Waals surface area contributed by atoms with Gasteiger partial charge in [0.15, 0.2) is 5.69 Å². The number of rotatable bonds is 10. The summed E-state index contributed by atoms with van der Waals surface area (Å²) < 4.78 is 6.99.